The van der Waals surface area contributed by atoms with Crippen LogP contribution in [-0.4, -0.2) is 66.3 Å². The lowest BCUT2D eigenvalue weighted by atomic mass is 9.99. The van der Waals surface area contributed by atoms with Crippen molar-refractivity contribution in [2.24, 2.45) is 11.7 Å². The van der Waals surface area contributed by atoms with Crippen molar-refractivity contribution < 1.29 is 31.5 Å². The monoisotopic (exact) mass is 584 g/mol. The van der Waals surface area contributed by atoms with E-state index in [1.807, 2.05) is 18.7 Å². The van der Waals surface area contributed by atoms with Gasteiger partial charge >= 0.3 is 6.18 Å². The van der Waals surface area contributed by atoms with E-state index in [4.69, 9.17) is 5.73 Å². The van der Waals surface area contributed by atoms with Crippen LogP contribution in [0.1, 0.15) is 35.6 Å². The fraction of sp³-hybridized carbons (Fsp3) is 0.417. The molecule has 0 saturated carbocycles. The normalized spacial score (nSPS) is 16.7. The number of alkyl halides is 3. The molecule has 0 bridgehead atoms. The van der Waals surface area contributed by atoms with Crippen LogP contribution >= 0.6 is 11.3 Å². The number of hydrogen-bond acceptors (Lipinski definition) is 10. The molecule has 1 aliphatic heterocycles. The Morgan fingerprint density at radius 2 is 1.97 bits per heavy atom. The average molecular weight is 585 g/mol. The van der Waals surface area contributed by atoms with Crippen LogP contribution in [0.3, 0.4) is 0 Å². The summed E-state index contributed by atoms with van der Waals surface area (Å²) in [5.41, 5.74) is 4.71. The highest BCUT2D eigenvalue weighted by molar-refractivity contribution is 7.90. The second kappa shape index (κ2) is 10.7. The molecule has 210 valence electrons. The Balaban J connectivity index is 1.67. The molecule has 1 aromatic carbocycles. The zero-order valence-electron chi connectivity index (χ0n) is 21.3. The molecule has 3 aromatic rings. The number of aliphatic hydroxyl groups is 1. The molecular formula is C24H27F3N6O4S2. The van der Waals surface area contributed by atoms with Crippen LogP contribution in [0.4, 0.5) is 24.8 Å². The van der Waals surface area contributed by atoms with Gasteiger partial charge in [-0.1, -0.05) is 13.8 Å². The van der Waals surface area contributed by atoms with Gasteiger partial charge in [-0.2, -0.15) is 13.2 Å². The zero-order valence-corrected chi connectivity index (χ0v) is 22.9. The maximum atomic E-state index is 13.5. The fourth-order valence-corrected chi connectivity index (χ4v) is 6.27. The predicted molar refractivity (Wildman–Crippen MR) is 140 cm³/mol. The number of nitrogens with two attached hydrogens (primary N) is 1. The molecule has 39 heavy (non-hydrogen) atoms. The van der Waals surface area contributed by atoms with Gasteiger partial charge in [-0.25, -0.2) is 23.4 Å². The molecule has 10 nitrogen and oxygen atoms in total. The minimum atomic E-state index is -4.75. The maximum Gasteiger partial charge on any atom is 0.433 e. The van der Waals surface area contributed by atoms with E-state index in [0.717, 1.165) is 23.8 Å². The maximum absolute atomic E-state index is 13.5. The number of carbonyl (C=O) groups excluding carboxylic acids is 1. The molecule has 0 spiro atoms. The summed E-state index contributed by atoms with van der Waals surface area (Å²) in [5, 5.41) is 11.1. The first-order chi connectivity index (χ1) is 18.2. The van der Waals surface area contributed by atoms with Gasteiger partial charge in [-0.15, -0.1) is 11.3 Å². The highest BCUT2D eigenvalue weighted by atomic mass is 32.2. The first kappa shape index (κ1) is 28.7. The molecule has 0 radical (unpaired) electrons. The van der Waals surface area contributed by atoms with E-state index in [1.165, 1.54) is 11.4 Å². The highest BCUT2D eigenvalue weighted by Crippen LogP contribution is 2.36. The van der Waals surface area contributed by atoms with Gasteiger partial charge in [-0.3, -0.25) is 4.79 Å². The summed E-state index contributed by atoms with van der Waals surface area (Å²) in [6.45, 7) is 4.04. The van der Waals surface area contributed by atoms with Crippen molar-refractivity contribution in [2.75, 3.05) is 35.7 Å². The van der Waals surface area contributed by atoms with Gasteiger partial charge in [0.05, 0.1) is 17.5 Å². The number of carbonyl (C=O) groups is 1. The van der Waals surface area contributed by atoms with E-state index in [1.54, 1.807) is 17.0 Å². The first-order valence-corrected chi connectivity index (χ1v) is 14.6. The van der Waals surface area contributed by atoms with Crippen molar-refractivity contribution in [2.45, 2.75) is 37.6 Å². The van der Waals surface area contributed by atoms with Gasteiger partial charge in [0.15, 0.2) is 15.5 Å². The summed E-state index contributed by atoms with van der Waals surface area (Å²) in [7, 11) is -3.70. The van der Waals surface area contributed by atoms with Gasteiger partial charge < -0.3 is 20.6 Å². The van der Waals surface area contributed by atoms with E-state index in [9.17, 15) is 31.5 Å². The Morgan fingerprint density at radius 3 is 2.54 bits per heavy atom. The van der Waals surface area contributed by atoms with Gasteiger partial charge in [0.2, 0.25) is 5.95 Å². The number of piperazine rings is 1. The SMILES string of the molecule is CC(C)[C@@H]1CN(c2ccc(-c3nc(C(N)=O)cs3)c(S(C)(=O)=O)c2)CCN1c1ncc(CO)c(C(F)(F)F)n1. The van der Waals surface area contributed by atoms with Gasteiger partial charge in [0.1, 0.15) is 10.7 Å². The Kier molecular flexibility index (Phi) is 7.87. The number of amides is 1. The summed E-state index contributed by atoms with van der Waals surface area (Å²) in [5.74, 6) is -0.816. The third-order valence-electron chi connectivity index (χ3n) is 6.45. The zero-order chi connectivity index (χ0) is 28.7. The minimum absolute atomic E-state index is 0.0144. The van der Waals surface area contributed by atoms with Crippen molar-refractivity contribution in [1.82, 2.24) is 15.0 Å². The van der Waals surface area contributed by atoms with Crippen molar-refractivity contribution in [3.8, 4) is 10.6 Å². The lowest BCUT2D eigenvalue weighted by molar-refractivity contribution is -0.142. The molecule has 15 heteroatoms. The van der Waals surface area contributed by atoms with E-state index < -0.39 is 39.8 Å². The van der Waals surface area contributed by atoms with E-state index in [2.05, 4.69) is 15.0 Å². The molecule has 1 amide bonds. The van der Waals surface area contributed by atoms with Crippen LogP contribution in [0.15, 0.2) is 34.7 Å². The number of thiazole rings is 1. The lowest BCUT2D eigenvalue weighted by Gasteiger charge is -2.44. The van der Waals surface area contributed by atoms with E-state index in [-0.39, 0.29) is 35.0 Å². The predicted octanol–water partition coefficient (Wildman–Crippen LogP) is 2.96. The number of anilines is 2. The third-order valence-corrected chi connectivity index (χ3v) is 8.46. The van der Waals surface area contributed by atoms with Crippen LogP contribution in [0.25, 0.3) is 10.6 Å². The molecule has 3 heterocycles. The number of rotatable bonds is 7. The molecule has 2 aromatic heterocycles. The average Bonchev–Trinajstić information content (AvgIpc) is 3.37. The second-order valence-corrected chi connectivity index (χ2v) is 12.3. The molecular weight excluding hydrogens is 557 g/mol. The summed E-state index contributed by atoms with van der Waals surface area (Å²) in [6.07, 6.45) is -2.67. The number of hydrogen-bond donors (Lipinski definition) is 2. The quantitative estimate of drug-likeness (QED) is 0.429. The number of nitrogens with zero attached hydrogens (tertiary/aromatic N) is 5. The second-order valence-electron chi connectivity index (χ2n) is 9.51. The van der Waals surface area contributed by atoms with Crippen molar-refractivity contribution >= 4 is 38.7 Å². The molecule has 3 N–H and O–H groups in total. The first-order valence-electron chi connectivity index (χ1n) is 11.9. The highest BCUT2D eigenvalue weighted by Gasteiger charge is 2.38. The van der Waals surface area contributed by atoms with Crippen LogP contribution < -0.4 is 15.5 Å². The summed E-state index contributed by atoms with van der Waals surface area (Å²) < 4.78 is 66.1. The van der Waals surface area contributed by atoms with Crippen molar-refractivity contribution in [1.29, 1.82) is 0 Å². The number of sulfone groups is 1. The Morgan fingerprint density at radius 1 is 1.26 bits per heavy atom. The van der Waals surface area contributed by atoms with Crippen molar-refractivity contribution in [3.05, 3.63) is 46.7 Å². The molecule has 1 fully saturated rings. The smallest absolute Gasteiger partial charge is 0.392 e. The van der Waals surface area contributed by atoms with E-state index >= 15 is 0 Å². The molecule has 0 unspecified atom stereocenters. The van der Waals surface area contributed by atoms with Crippen molar-refractivity contribution in [3.63, 3.8) is 0 Å². The number of aliphatic hydroxyl groups excluding tert-OH is 1. The minimum Gasteiger partial charge on any atom is -0.392 e. The van der Waals surface area contributed by atoms with Crippen LogP contribution in [0, 0.1) is 5.92 Å². The molecule has 0 aliphatic carbocycles. The number of benzene rings is 1. The van der Waals surface area contributed by atoms with Crippen LogP contribution in [0.2, 0.25) is 0 Å². The summed E-state index contributed by atoms with van der Waals surface area (Å²) >= 11 is 1.10. The standard InChI is InChI=1S/C24H27F3N6O4S2/c1-13(2)18-10-32(6-7-33(18)23-29-9-14(11-34)20(31-23)24(25,26)27)15-4-5-16(19(8-15)39(3,36)37)22-30-17(12-38-22)21(28)35/h4-5,8-9,12-13,18,34H,6-7,10-11H2,1-3H3,(H2,28,35)/t18-/m0/s1. The summed E-state index contributed by atoms with van der Waals surface area (Å²) in [6, 6.07) is 4.62. The van der Waals surface area contributed by atoms with Crippen LogP contribution in [-0.2, 0) is 22.6 Å². The summed E-state index contributed by atoms with van der Waals surface area (Å²) in [4.78, 5) is 27.2. The Labute approximate surface area is 227 Å². The van der Waals surface area contributed by atoms with E-state index in [0.29, 0.717) is 29.3 Å². The van der Waals surface area contributed by atoms with Gasteiger partial charge in [-0.05, 0) is 24.1 Å². The Hall–Kier alpha value is -3.30. The van der Waals surface area contributed by atoms with Gasteiger partial charge in [0.25, 0.3) is 5.91 Å². The molecule has 4 rings (SSSR count). The largest absolute Gasteiger partial charge is 0.433 e. The number of halogens is 3. The lowest BCUT2D eigenvalue weighted by Crippen LogP contribution is -2.56. The molecule has 1 atom stereocenters. The van der Waals surface area contributed by atoms with Gasteiger partial charge in [0, 0.05) is 54.3 Å². The Bertz CT molecular complexity index is 1490. The van der Waals surface area contributed by atoms with Crippen LogP contribution in [0.5, 0.6) is 0 Å². The third kappa shape index (κ3) is 5.99. The topological polar surface area (TPSA) is 143 Å². The molecule has 1 saturated heterocycles. The number of aromatic nitrogens is 3. The fourth-order valence-electron chi connectivity index (χ4n) is 4.46. The molecule has 1 aliphatic rings. The number of primary amides is 1.